The normalized spacial score (nSPS) is 14.5. The predicted octanol–water partition coefficient (Wildman–Crippen LogP) is 8.97. The van der Waals surface area contributed by atoms with Crippen LogP contribution in [-0.4, -0.2) is 22.7 Å². The molecule has 0 unspecified atom stereocenters. The Kier molecular flexibility index (Phi) is 8.71. The Morgan fingerprint density at radius 2 is 1.67 bits per heavy atom. The van der Waals surface area contributed by atoms with Crippen molar-refractivity contribution in [2.45, 2.75) is 20.1 Å². The Hall–Kier alpha value is -2.72. The number of hydrogen-bond acceptors (Lipinski definition) is 5. The van der Waals surface area contributed by atoms with Crippen molar-refractivity contribution in [3.63, 3.8) is 0 Å². The van der Waals surface area contributed by atoms with Gasteiger partial charge in [-0.2, -0.15) is 0 Å². The lowest BCUT2D eigenvalue weighted by Crippen LogP contribution is -2.27. The van der Waals surface area contributed by atoms with Crippen molar-refractivity contribution in [1.29, 1.82) is 0 Å². The molecule has 0 N–H and O–H groups in total. The summed E-state index contributed by atoms with van der Waals surface area (Å²) in [6.07, 6.45) is 1.69. The summed E-state index contributed by atoms with van der Waals surface area (Å²) < 4.78 is 13.0. The molecule has 198 valence electrons. The maximum atomic E-state index is 13.1. The minimum atomic E-state index is -0.398. The molecule has 0 aromatic heterocycles. The summed E-state index contributed by atoms with van der Waals surface area (Å²) in [6.45, 7) is 2.72. The fourth-order valence-electron chi connectivity index (χ4n) is 4.27. The minimum absolute atomic E-state index is 0.00316. The molecular formula is C30H22Cl2INO4S. The lowest BCUT2D eigenvalue weighted by atomic mass is 10.1. The summed E-state index contributed by atoms with van der Waals surface area (Å²) in [5, 5.41) is 2.72. The largest absolute Gasteiger partial charge is 0.490 e. The van der Waals surface area contributed by atoms with E-state index in [1.165, 1.54) is 0 Å². The van der Waals surface area contributed by atoms with Crippen LogP contribution in [-0.2, 0) is 17.9 Å². The number of fused-ring (bicyclic) bond motifs is 1. The van der Waals surface area contributed by atoms with E-state index in [1.54, 1.807) is 24.3 Å². The molecule has 1 heterocycles. The van der Waals surface area contributed by atoms with Gasteiger partial charge in [0.15, 0.2) is 11.5 Å². The molecule has 1 fully saturated rings. The first-order valence-electron chi connectivity index (χ1n) is 12.1. The molecule has 4 aromatic carbocycles. The van der Waals surface area contributed by atoms with Crippen molar-refractivity contribution in [2.75, 3.05) is 6.61 Å². The van der Waals surface area contributed by atoms with Crippen LogP contribution in [0.1, 0.15) is 23.6 Å². The number of amides is 2. The van der Waals surface area contributed by atoms with E-state index in [-0.39, 0.29) is 11.8 Å². The fourth-order valence-corrected chi connectivity index (χ4v) is 6.41. The van der Waals surface area contributed by atoms with Crippen LogP contribution in [0.15, 0.2) is 77.7 Å². The van der Waals surface area contributed by atoms with E-state index >= 15 is 0 Å². The molecule has 0 radical (unpaired) electrons. The lowest BCUT2D eigenvalue weighted by Gasteiger charge is -2.16. The minimum Gasteiger partial charge on any atom is -0.490 e. The highest BCUT2D eigenvalue weighted by molar-refractivity contribution is 14.1. The number of benzene rings is 4. The predicted molar refractivity (Wildman–Crippen MR) is 167 cm³/mol. The average molecular weight is 690 g/mol. The van der Waals surface area contributed by atoms with Gasteiger partial charge in [-0.05, 0) is 93.5 Å². The van der Waals surface area contributed by atoms with E-state index in [2.05, 4.69) is 46.9 Å². The third kappa shape index (κ3) is 6.06. The molecule has 5 rings (SSSR count). The Balaban J connectivity index is 1.39. The maximum Gasteiger partial charge on any atom is 0.293 e. The van der Waals surface area contributed by atoms with Gasteiger partial charge in [0.1, 0.15) is 6.61 Å². The number of carbonyl (C=O) groups is 2. The molecule has 39 heavy (non-hydrogen) atoms. The van der Waals surface area contributed by atoms with Gasteiger partial charge >= 0.3 is 0 Å². The molecule has 5 nitrogen and oxygen atoms in total. The first-order valence-corrected chi connectivity index (χ1v) is 14.7. The topological polar surface area (TPSA) is 55.8 Å². The van der Waals surface area contributed by atoms with Crippen molar-refractivity contribution in [3.05, 3.63) is 108 Å². The number of nitrogens with zero attached hydrogens (tertiary/aromatic N) is 1. The van der Waals surface area contributed by atoms with E-state index in [4.69, 9.17) is 32.7 Å². The first-order chi connectivity index (χ1) is 18.9. The van der Waals surface area contributed by atoms with Crippen molar-refractivity contribution in [1.82, 2.24) is 4.90 Å². The molecule has 0 saturated carbocycles. The molecular weight excluding hydrogens is 668 g/mol. The molecule has 2 amide bonds. The monoisotopic (exact) mass is 689 g/mol. The van der Waals surface area contributed by atoms with E-state index in [0.717, 1.165) is 42.1 Å². The Labute approximate surface area is 254 Å². The van der Waals surface area contributed by atoms with E-state index in [0.29, 0.717) is 45.2 Å². The zero-order chi connectivity index (χ0) is 27.5. The van der Waals surface area contributed by atoms with E-state index in [1.807, 2.05) is 37.3 Å². The van der Waals surface area contributed by atoms with Crippen molar-refractivity contribution in [3.8, 4) is 11.5 Å². The number of ether oxygens (including phenoxy) is 2. The zero-order valence-corrected chi connectivity index (χ0v) is 25.2. The highest BCUT2D eigenvalue weighted by atomic mass is 127. The summed E-state index contributed by atoms with van der Waals surface area (Å²) in [5.41, 5.74) is 2.33. The van der Waals surface area contributed by atoms with E-state index < -0.39 is 5.91 Å². The van der Waals surface area contributed by atoms with Crippen molar-refractivity contribution in [2.24, 2.45) is 0 Å². The van der Waals surface area contributed by atoms with Gasteiger partial charge in [0.2, 0.25) is 0 Å². The Morgan fingerprint density at radius 1 is 0.949 bits per heavy atom. The zero-order valence-electron chi connectivity index (χ0n) is 20.7. The van der Waals surface area contributed by atoms with Gasteiger partial charge < -0.3 is 9.47 Å². The van der Waals surface area contributed by atoms with Crippen LogP contribution < -0.4 is 9.47 Å². The number of thioether (sulfide) groups is 1. The lowest BCUT2D eigenvalue weighted by molar-refractivity contribution is -0.123. The van der Waals surface area contributed by atoms with Crippen LogP contribution in [0.4, 0.5) is 4.79 Å². The number of hydrogen-bond donors (Lipinski definition) is 0. The smallest absolute Gasteiger partial charge is 0.293 e. The number of halogens is 3. The number of imide groups is 1. The van der Waals surface area contributed by atoms with Crippen LogP contribution in [0.5, 0.6) is 11.5 Å². The molecule has 0 bridgehead atoms. The summed E-state index contributed by atoms with van der Waals surface area (Å²) in [7, 11) is 0. The molecule has 0 aliphatic carbocycles. The van der Waals surface area contributed by atoms with Gasteiger partial charge in [-0.25, -0.2) is 0 Å². The van der Waals surface area contributed by atoms with Gasteiger partial charge in [-0.1, -0.05) is 71.7 Å². The standard InChI is InChI=1S/C30H22Cl2INO4S/c1-2-37-26-14-18(13-25(33)28(26)38-17-20-9-5-8-19-7-3-4-10-21(19)20)15-27-29(35)34(30(36)39-27)16-22-23(31)11-6-12-24(22)32/h3-15H,2,16-17H2,1H3/b27-15+. The second-order valence-electron chi connectivity index (χ2n) is 8.66. The Morgan fingerprint density at radius 3 is 2.44 bits per heavy atom. The first kappa shape index (κ1) is 27.8. The average Bonchev–Trinajstić information content (AvgIpc) is 3.17. The molecule has 1 aliphatic heterocycles. The van der Waals surface area contributed by atoms with Crippen LogP contribution in [0.25, 0.3) is 16.8 Å². The summed E-state index contributed by atoms with van der Waals surface area (Å²) in [4.78, 5) is 27.3. The second-order valence-corrected chi connectivity index (χ2v) is 11.6. The quantitative estimate of drug-likeness (QED) is 0.137. The Bertz CT molecular complexity index is 1600. The third-order valence-corrected chi connectivity index (χ3v) is 8.55. The van der Waals surface area contributed by atoms with Crippen LogP contribution in [0.2, 0.25) is 10.0 Å². The van der Waals surface area contributed by atoms with Gasteiger partial charge in [-0.3, -0.25) is 14.5 Å². The molecule has 0 atom stereocenters. The van der Waals surface area contributed by atoms with Gasteiger partial charge in [0.25, 0.3) is 11.1 Å². The van der Waals surface area contributed by atoms with Crippen molar-refractivity contribution >= 4 is 85.5 Å². The highest BCUT2D eigenvalue weighted by Crippen LogP contribution is 2.39. The highest BCUT2D eigenvalue weighted by Gasteiger charge is 2.36. The summed E-state index contributed by atoms with van der Waals surface area (Å²) in [5.74, 6) is 0.798. The van der Waals surface area contributed by atoms with Gasteiger partial charge in [-0.15, -0.1) is 0 Å². The molecule has 1 aliphatic rings. The second kappa shape index (κ2) is 12.2. The number of rotatable bonds is 8. The molecule has 4 aromatic rings. The molecule has 0 spiro atoms. The summed E-state index contributed by atoms with van der Waals surface area (Å²) >= 11 is 15.6. The van der Waals surface area contributed by atoms with E-state index in [9.17, 15) is 9.59 Å². The number of carbonyl (C=O) groups excluding carboxylic acids is 2. The van der Waals surface area contributed by atoms with Crippen LogP contribution in [0.3, 0.4) is 0 Å². The fraction of sp³-hybridized carbons (Fsp3) is 0.133. The van der Waals surface area contributed by atoms with Crippen molar-refractivity contribution < 1.29 is 19.1 Å². The SMILES string of the molecule is CCOc1cc(/C=C2/SC(=O)N(Cc3c(Cl)cccc3Cl)C2=O)cc(I)c1OCc1cccc2ccccc12. The van der Waals surface area contributed by atoms with Gasteiger partial charge in [0, 0.05) is 15.6 Å². The maximum absolute atomic E-state index is 13.1. The molecule has 9 heteroatoms. The molecule has 1 saturated heterocycles. The van der Waals surface area contributed by atoms with Gasteiger partial charge in [0.05, 0.1) is 21.6 Å². The summed E-state index contributed by atoms with van der Waals surface area (Å²) in [6, 6.07) is 23.1. The van der Waals surface area contributed by atoms with Crippen LogP contribution >= 0.6 is 57.6 Å². The third-order valence-electron chi connectivity index (χ3n) is 6.13. The van der Waals surface area contributed by atoms with Crippen LogP contribution in [0, 0.1) is 3.57 Å².